The number of carbonyl (C=O) groups excluding carboxylic acids is 1. The first-order valence-corrected chi connectivity index (χ1v) is 6.55. The third-order valence-electron chi connectivity index (χ3n) is 3.91. The van der Waals surface area contributed by atoms with Crippen molar-refractivity contribution >= 4 is 5.78 Å². The second kappa shape index (κ2) is 5.28. The van der Waals surface area contributed by atoms with Gasteiger partial charge in [0.1, 0.15) is 5.78 Å². The standard InChI is InChI=1S/C13H23NO2/c1-10-9-16-11(2)7-14(10)8-13(15)12-5-3-4-6-12/h10-12H,3-9H2,1-2H3. The van der Waals surface area contributed by atoms with Gasteiger partial charge >= 0.3 is 0 Å². The minimum Gasteiger partial charge on any atom is -0.376 e. The van der Waals surface area contributed by atoms with Crippen molar-refractivity contribution in [2.45, 2.75) is 51.7 Å². The summed E-state index contributed by atoms with van der Waals surface area (Å²) in [4.78, 5) is 14.4. The van der Waals surface area contributed by atoms with Crippen molar-refractivity contribution in [2.24, 2.45) is 5.92 Å². The van der Waals surface area contributed by atoms with Crippen LogP contribution in [0.3, 0.4) is 0 Å². The fraction of sp³-hybridized carbons (Fsp3) is 0.923. The van der Waals surface area contributed by atoms with Crippen LogP contribution in [0.5, 0.6) is 0 Å². The van der Waals surface area contributed by atoms with Crippen molar-refractivity contribution in [3.63, 3.8) is 0 Å². The summed E-state index contributed by atoms with van der Waals surface area (Å²) < 4.78 is 5.57. The van der Waals surface area contributed by atoms with Crippen molar-refractivity contribution in [1.29, 1.82) is 0 Å². The number of carbonyl (C=O) groups is 1. The molecule has 0 aromatic carbocycles. The van der Waals surface area contributed by atoms with E-state index in [9.17, 15) is 4.79 Å². The molecule has 1 saturated carbocycles. The molecule has 2 atom stereocenters. The lowest BCUT2D eigenvalue weighted by Gasteiger charge is -2.36. The smallest absolute Gasteiger partial charge is 0.149 e. The summed E-state index contributed by atoms with van der Waals surface area (Å²) in [6.07, 6.45) is 4.99. The summed E-state index contributed by atoms with van der Waals surface area (Å²) in [5.41, 5.74) is 0. The number of nitrogens with zero attached hydrogens (tertiary/aromatic N) is 1. The van der Waals surface area contributed by atoms with Crippen LogP contribution in [0.15, 0.2) is 0 Å². The molecule has 2 unspecified atom stereocenters. The summed E-state index contributed by atoms with van der Waals surface area (Å²) in [6.45, 7) is 6.53. The zero-order chi connectivity index (χ0) is 11.5. The van der Waals surface area contributed by atoms with E-state index in [0.29, 0.717) is 24.3 Å². The Balaban J connectivity index is 1.84. The molecule has 1 saturated heterocycles. The molecule has 0 amide bonds. The molecule has 0 aromatic rings. The molecule has 2 fully saturated rings. The maximum Gasteiger partial charge on any atom is 0.149 e. The van der Waals surface area contributed by atoms with Crippen LogP contribution in [0.25, 0.3) is 0 Å². The molecule has 0 radical (unpaired) electrons. The molecule has 3 heteroatoms. The first-order valence-electron chi connectivity index (χ1n) is 6.55. The van der Waals surface area contributed by atoms with Gasteiger partial charge in [-0.25, -0.2) is 0 Å². The van der Waals surface area contributed by atoms with E-state index in [1.165, 1.54) is 12.8 Å². The fourth-order valence-electron chi connectivity index (χ4n) is 2.77. The van der Waals surface area contributed by atoms with Crippen LogP contribution in [-0.4, -0.2) is 42.5 Å². The third kappa shape index (κ3) is 2.83. The molecule has 92 valence electrons. The summed E-state index contributed by atoms with van der Waals surface area (Å²) in [7, 11) is 0. The monoisotopic (exact) mass is 225 g/mol. The fourth-order valence-corrected chi connectivity index (χ4v) is 2.77. The van der Waals surface area contributed by atoms with E-state index in [1.807, 2.05) is 0 Å². The number of ketones is 1. The number of ether oxygens (including phenoxy) is 1. The summed E-state index contributed by atoms with van der Waals surface area (Å²) in [5, 5.41) is 0. The van der Waals surface area contributed by atoms with Crippen LogP contribution < -0.4 is 0 Å². The number of hydrogen-bond acceptors (Lipinski definition) is 3. The number of morpholine rings is 1. The predicted octanol–water partition coefficient (Wildman–Crippen LogP) is 1.85. The molecule has 0 bridgehead atoms. The Morgan fingerprint density at radius 1 is 1.31 bits per heavy atom. The molecule has 1 aliphatic heterocycles. The highest BCUT2D eigenvalue weighted by molar-refractivity contribution is 5.83. The van der Waals surface area contributed by atoms with Gasteiger partial charge in [0.25, 0.3) is 0 Å². The van der Waals surface area contributed by atoms with E-state index < -0.39 is 0 Å². The van der Waals surface area contributed by atoms with Crippen molar-refractivity contribution in [3.05, 3.63) is 0 Å². The summed E-state index contributed by atoms with van der Waals surface area (Å²) >= 11 is 0. The van der Waals surface area contributed by atoms with Crippen molar-refractivity contribution in [2.75, 3.05) is 19.7 Å². The van der Waals surface area contributed by atoms with E-state index in [1.54, 1.807) is 0 Å². The molecule has 2 aliphatic rings. The van der Waals surface area contributed by atoms with Gasteiger partial charge in [-0.05, 0) is 26.7 Å². The van der Waals surface area contributed by atoms with Gasteiger partial charge < -0.3 is 4.74 Å². The molecule has 0 spiro atoms. The number of hydrogen-bond donors (Lipinski definition) is 0. The van der Waals surface area contributed by atoms with Gasteiger partial charge in [-0.2, -0.15) is 0 Å². The molecule has 1 heterocycles. The SMILES string of the molecule is CC1CN(CC(=O)C2CCCC2)C(C)CO1. The normalized spacial score (nSPS) is 33.1. The van der Waals surface area contributed by atoms with Gasteiger partial charge in [0, 0.05) is 18.5 Å². The molecule has 3 nitrogen and oxygen atoms in total. The third-order valence-corrected chi connectivity index (χ3v) is 3.91. The lowest BCUT2D eigenvalue weighted by molar-refractivity contribution is -0.127. The Kier molecular flexibility index (Phi) is 3.98. The molecule has 2 rings (SSSR count). The minimum atomic E-state index is 0.271. The van der Waals surface area contributed by atoms with E-state index in [4.69, 9.17) is 4.74 Å². The zero-order valence-corrected chi connectivity index (χ0v) is 10.4. The molecular formula is C13H23NO2. The second-order valence-electron chi connectivity index (χ2n) is 5.37. The lowest BCUT2D eigenvalue weighted by Crippen LogP contribution is -2.49. The summed E-state index contributed by atoms with van der Waals surface area (Å²) in [6, 6.07) is 0.390. The Hall–Kier alpha value is -0.410. The molecule has 16 heavy (non-hydrogen) atoms. The Morgan fingerprint density at radius 3 is 2.69 bits per heavy atom. The maximum atomic E-state index is 12.1. The molecular weight excluding hydrogens is 202 g/mol. The van der Waals surface area contributed by atoms with Crippen LogP contribution in [0.4, 0.5) is 0 Å². The minimum absolute atomic E-state index is 0.271. The van der Waals surface area contributed by atoms with Gasteiger partial charge in [0.15, 0.2) is 0 Å². The Labute approximate surface area is 98.1 Å². The topological polar surface area (TPSA) is 29.5 Å². The highest BCUT2D eigenvalue weighted by atomic mass is 16.5. The second-order valence-corrected chi connectivity index (χ2v) is 5.37. The van der Waals surface area contributed by atoms with Crippen molar-refractivity contribution in [1.82, 2.24) is 4.90 Å². The largest absolute Gasteiger partial charge is 0.376 e. The Morgan fingerprint density at radius 2 is 2.00 bits per heavy atom. The lowest BCUT2D eigenvalue weighted by atomic mass is 10.0. The van der Waals surface area contributed by atoms with Crippen molar-refractivity contribution < 1.29 is 9.53 Å². The molecule has 1 aliphatic carbocycles. The van der Waals surface area contributed by atoms with Crippen LogP contribution >= 0.6 is 0 Å². The molecule has 0 N–H and O–H groups in total. The number of rotatable bonds is 3. The van der Waals surface area contributed by atoms with E-state index in [2.05, 4.69) is 18.7 Å². The predicted molar refractivity (Wildman–Crippen MR) is 63.4 cm³/mol. The Bertz CT molecular complexity index is 248. The van der Waals surface area contributed by atoms with Crippen LogP contribution in [0.2, 0.25) is 0 Å². The van der Waals surface area contributed by atoms with Gasteiger partial charge in [-0.15, -0.1) is 0 Å². The quantitative estimate of drug-likeness (QED) is 0.734. The first-order chi connectivity index (χ1) is 7.66. The average Bonchev–Trinajstić information content (AvgIpc) is 2.76. The summed E-state index contributed by atoms with van der Waals surface area (Å²) in [5.74, 6) is 0.809. The van der Waals surface area contributed by atoms with Gasteiger partial charge in [0.2, 0.25) is 0 Å². The van der Waals surface area contributed by atoms with Gasteiger partial charge in [0.05, 0.1) is 19.3 Å². The van der Waals surface area contributed by atoms with E-state index in [0.717, 1.165) is 26.0 Å². The van der Waals surface area contributed by atoms with E-state index >= 15 is 0 Å². The average molecular weight is 225 g/mol. The van der Waals surface area contributed by atoms with Gasteiger partial charge in [-0.1, -0.05) is 12.8 Å². The van der Waals surface area contributed by atoms with Crippen LogP contribution in [-0.2, 0) is 9.53 Å². The highest BCUT2D eigenvalue weighted by Crippen LogP contribution is 2.26. The zero-order valence-electron chi connectivity index (χ0n) is 10.4. The van der Waals surface area contributed by atoms with Crippen molar-refractivity contribution in [3.8, 4) is 0 Å². The first kappa shape index (κ1) is 12.1. The van der Waals surface area contributed by atoms with Gasteiger partial charge in [-0.3, -0.25) is 9.69 Å². The van der Waals surface area contributed by atoms with Crippen LogP contribution in [0, 0.1) is 5.92 Å². The van der Waals surface area contributed by atoms with Crippen LogP contribution in [0.1, 0.15) is 39.5 Å². The highest BCUT2D eigenvalue weighted by Gasteiger charge is 2.29. The maximum absolute atomic E-state index is 12.1. The molecule has 0 aromatic heterocycles. The number of Topliss-reactive ketones (excluding diaryl/α,β-unsaturated/α-hetero) is 1. The van der Waals surface area contributed by atoms with E-state index in [-0.39, 0.29) is 6.10 Å².